The fourth-order valence-corrected chi connectivity index (χ4v) is 3.08. The van der Waals surface area contributed by atoms with Crippen molar-refractivity contribution in [3.05, 3.63) is 28.8 Å². The fraction of sp³-hybridized carbons (Fsp3) is 0.611. The van der Waals surface area contributed by atoms with E-state index in [2.05, 4.69) is 0 Å². The monoisotopic (exact) mass is 338 g/mol. The van der Waals surface area contributed by atoms with Crippen LogP contribution < -0.4 is 5.73 Å². The Labute approximate surface area is 143 Å². The molecule has 4 nitrogen and oxygen atoms in total. The second kappa shape index (κ2) is 7.43. The number of nitrogens with two attached hydrogens (primary N) is 1. The first kappa shape index (κ1) is 17.9. The van der Waals surface area contributed by atoms with Gasteiger partial charge in [-0.1, -0.05) is 17.7 Å². The van der Waals surface area contributed by atoms with Crippen molar-refractivity contribution in [3.8, 4) is 0 Å². The molecule has 1 atom stereocenters. The van der Waals surface area contributed by atoms with Gasteiger partial charge in [0, 0.05) is 13.1 Å². The Hall–Kier alpha value is -1.42. The van der Waals surface area contributed by atoms with Crippen LogP contribution in [-0.2, 0) is 11.2 Å². The average molecular weight is 339 g/mol. The van der Waals surface area contributed by atoms with Crippen molar-refractivity contribution in [1.29, 1.82) is 0 Å². The summed E-state index contributed by atoms with van der Waals surface area (Å²) in [5.41, 5.74) is 7.13. The highest BCUT2D eigenvalue weighted by atomic mass is 35.5. The quantitative estimate of drug-likeness (QED) is 0.822. The molecule has 0 unspecified atom stereocenters. The number of amides is 1. The third-order valence-electron chi connectivity index (χ3n) is 4.08. The van der Waals surface area contributed by atoms with E-state index in [9.17, 15) is 4.79 Å². The molecule has 128 valence electrons. The van der Waals surface area contributed by atoms with Gasteiger partial charge in [0.05, 0.1) is 10.7 Å². The summed E-state index contributed by atoms with van der Waals surface area (Å²) >= 11 is 6.04. The summed E-state index contributed by atoms with van der Waals surface area (Å²) in [5.74, 6) is 0.562. The first-order valence-corrected chi connectivity index (χ1v) is 8.64. The van der Waals surface area contributed by atoms with E-state index in [0.717, 1.165) is 38.8 Å². The van der Waals surface area contributed by atoms with Crippen molar-refractivity contribution in [1.82, 2.24) is 4.90 Å². The Balaban J connectivity index is 1.73. The normalized spacial score (nSPS) is 18.3. The largest absolute Gasteiger partial charge is 0.444 e. The highest BCUT2D eigenvalue weighted by molar-refractivity contribution is 6.33. The molecule has 0 spiro atoms. The zero-order valence-electron chi connectivity index (χ0n) is 14.3. The summed E-state index contributed by atoms with van der Waals surface area (Å²) in [5, 5.41) is 0.625. The number of anilines is 1. The van der Waals surface area contributed by atoms with Gasteiger partial charge in [-0.15, -0.1) is 0 Å². The van der Waals surface area contributed by atoms with Gasteiger partial charge in [0.2, 0.25) is 0 Å². The second-order valence-corrected chi connectivity index (χ2v) is 7.74. The van der Waals surface area contributed by atoms with Crippen molar-refractivity contribution in [2.24, 2.45) is 5.92 Å². The third kappa shape index (κ3) is 5.61. The van der Waals surface area contributed by atoms with E-state index in [-0.39, 0.29) is 6.09 Å². The van der Waals surface area contributed by atoms with Crippen LogP contribution in [0.3, 0.4) is 0 Å². The number of nitrogen functional groups attached to an aromatic ring is 1. The van der Waals surface area contributed by atoms with E-state index in [0.29, 0.717) is 16.6 Å². The molecule has 0 bridgehead atoms. The van der Waals surface area contributed by atoms with Crippen molar-refractivity contribution < 1.29 is 9.53 Å². The topological polar surface area (TPSA) is 55.6 Å². The first-order chi connectivity index (χ1) is 10.7. The van der Waals surface area contributed by atoms with Gasteiger partial charge < -0.3 is 15.4 Å². The number of carbonyl (C=O) groups is 1. The Kier molecular flexibility index (Phi) is 5.79. The highest BCUT2D eigenvalue weighted by Gasteiger charge is 2.29. The van der Waals surface area contributed by atoms with Gasteiger partial charge in [0.25, 0.3) is 0 Å². The maximum atomic E-state index is 12.0. The summed E-state index contributed by atoms with van der Waals surface area (Å²) in [6.07, 6.45) is 4.06. The van der Waals surface area contributed by atoms with Gasteiger partial charge >= 0.3 is 6.09 Å². The lowest BCUT2D eigenvalue weighted by Crippen LogP contribution is -2.35. The molecule has 1 aromatic carbocycles. The molecule has 0 saturated carbocycles. The summed E-state index contributed by atoms with van der Waals surface area (Å²) < 4.78 is 5.43. The number of hydrogen-bond acceptors (Lipinski definition) is 3. The minimum absolute atomic E-state index is 0.190. The number of benzene rings is 1. The van der Waals surface area contributed by atoms with E-state index in [1.807, 2.05) is 43.9 Å². The van der Waals surface area contributed by atoms with E-state index < -0.39 is 5.60 Å². The lowest BCUT2D eigenvalue weighted by molar-refractivity contribution is 0.0287. The molecular formula is C18H27ClN2O2. The van der Waals surface area contributed by atoms with E-state index in [1.54, 1.807) is 0 Å². The van der Waals surface area contributed by atoms with Crippen molar-refractivity contribution >= 4 is 23.4 Å². The van der Waals surface area contributed by atoms with Crippen molar-refractivity contribution in [2.75, 3.05) is 18.8 Å². The lowest BCUT2D eigenvalue weighted by Gasteiger charge is -2.24. The lowest BCUT2D eigenvalue weighted by atomic mass is 9.99. The smallest absolute Gasteiger partial charge is 0.410 e. The summed E-state index contributed by atoms with van der Waals surface area (Å²) in [6.45, 7) is 7.30. The molecule has 1 fully saturated rings. The van der Waals surface area contributed by atoms with Crippen LogP contribution in [0.2, 0.25) is 5.02 Å². The summed E-state index contributed by atoms with van der Waals surface area (Å²) in [7, 11) is 0. The first-order valence-electron chi connectivity index (χ1n) is 8.26. The fourth-order valence-electron chi connectivity index (χ4n) is 2.88. The maximum absolute atomic E-state index is 12.0. The molecule has 1 heterocycles. The molecule has 1 amide bonds. The predicted octanol–water partition coefficient (Wildman–Crippen LogP) is 4.50. The number of carbonyl (C=O) groups excluding carboxylic acids is 1. The van der Waals surface area contributed by atoms with Crippen LogP contribution in [0.25, 0.3) is 0 Å². The Morgan fingerprint density at radius 1 is 1.43 bits per heavy atom. The van der Waals surface area contributed by atoms with Gasteiger partial charge in [-0.25, -0.2) is 4.79 Å². The average Bonchev–Trinajstić information content (AvgIpc) is 2.90. The highest BCUT2D eigenvalue weighted by Crippen LogP contribution is 2.25. The zero-order valence-corrected chi connectivity index (χ0v) is 15.0. The Bertz CT molecular complexity index is 554. The molecule has 2 rings (SSSR count). The number of aryl methyl sites for hydroxylation is 1. The van der Waals surface area contributed by atoms with Gasteiger partial charge in [-0.2, -0.15) is 0 Å². The molecule has 0 aromatic heterocycles. The van der Waals surface area contributed by atoms with Crippen LogP contribution in [0.4, 0.5) is 10.5 Å². The van der Waals surface area contributed by atoms with Gasteiger partial charge in [-0.05, 0) is 70.1 Å². The number of likely N-dealkylation sites (tertiary alicyclic amines) is 1. The third-order valence-corrected chi connectivity index (χ3v) is 4.41. The van der Waals surface area contributed by atoms with Crippen LogP contribution in [-0.4, -0.2) is 29.7 Å². The molecule has 1 saturated heterocycles. The predicted molar refractivity (Wildman–Crippen MR) is 94.7 cm³/mol. The maximum Gasteiger partial charge on any atom is 0.410 e. The molecular weight excluding hydrogens is 312 g/mol. The summed E-state index contributed by atoms with van der Waals surface area (Å²) in [4.78, 5) is 13.9. The van der Waals surface area contributed by atoms with Crippen LogP contribution in [0.1, 0.15) is 45.6 Å². The number of hydrogen-bond donors (Lipinski definition) is 1. The van der Waals surface area contributed by atoms with E-state index >= 15 is 0 Å². The molecule has 1 aliphatic rings. The van der Waals surface area contributed by atoms with Crippen molar-refractivity contribution in [3.63, 3.8) is 0 Å². The van der Waals surface area contributed by atoms with Gasteiger partial charge in [0.15, 0.2) is 0 Å². The molecule has 2 N–H and O–H groups in total. The second-order valence-electron chi connectivity index (χ2n) is 7.33. The van der Waals surface area contributed by atoms with E-state index in [4.69, 9.17) is 22.1 Å². The van der Waals surface area contributed by atoms with Crippen LogP contribution in [0, 0.1) is 5.92 Å². The summed E-state index contributed by atoms with van der Waals surface area (Å²) in [6, 6.07) is 5.83. The molecule has 1 aromatic rings. The standard InChI is InChI=1S/C18H27ClN2O2/c1-18(2,3)23-17(22)21-10-9-14(12-21)6-4-5-13-7-8-16(20)15(19)11-13/h7-8,11,14H,4-6,9-10,12,20H2,1-3H3/t14-/m0/s1. The molecule has 0 aliphatic carbocycles. The molecule has 0 radical (unpaired) electrons. The zero-order chi connectivity index (χ0) is 17.0. The van der Waals surface area contributed by atoms with Crippen molar-refractivity contribution in [2.45, 2.75) is 52.1 Å². The number of rotatable bonds is 4. The van der Waals surface area contributed by atoms with Gasteiger partial charge in [-0.3, -0.25) is 0 Å². The molecule has 1 aliphatic heterocycles. The number of ether oxygens (including phenoxy) is 1. The Morgan fingerprint density at radius 2 is 2.17 bits per heavy atom. The Morgan fingerprint density at radius 3 is 2.83 bits per heavy atom. The van der Waals surface area contributed by atoms with E-state index in [1.165, 1.54) is 5.56 Å². The van der Waals surface area contributed by atoms with Gasteiger partial charge in [0.1, 0.15) is 5.60 Å². The van der Waals surface area contributed by atoms with Crippen LogP contribution in [0.15, 0.2) is 18.2 Å². The van der Waals surface area contributed by atoms with Crippen LogP contribution in [0.5, 0.6) is 0 Å². The minimum atomic E-state index is -0.427. The van der Waals surface area contributed by atoms with Crippen LogP contribution >= 0.6 is 11.6 Å². The SMILES string of the molecule is CC(C)(C)OC(=O)N1CC[C@H](CCCc2ccc(N)c(Cl)c2)C1. The molecule has 5 heteroatoms. The minimum Gasteiger partial charge on any atom is -0.444 e. The number of nitrogens with zero attached hydrogens (tertiary/aromatic N) is 1. The number of halogens is 1. The molecule has 23 heavy (non-hydrogen) atoms.